The lowest BCUT2D eigenvalue weighted by molar-refractivity contribution is -0.179. The van der Waals surface area contributed by atoms with Gasteiger partial charge < -0.3 is 19.8 Å². The molecule has 0 unspecified atom stereocenters. The van der Waals surface area contributed by atoms with Crippen LogP contribution in [0.3, 0.4) is 0 Å². The molecule has 9 heteroatoms. The van der Waals surface area contributed by atoms with Crippen LogP contribution >= 0.6 is 0 Å². The number of rotatable bonds is 2. The molecule has 3 heterocycles. The zero-order chi connectivity index (χ0) is 14.4. The Bertz CT molecular complexity index is 576. The molecule has 1 spiro atoms. The first-order valence-electron chi connectivity index (χ1n) is 6.49. The van der Waals surface area contributed by atoms with E-state index in [0.29, 0.717) is 39.1 Å². The third-order valence-corrected chi connectivity index (χ3v) is 5.82. The molecular formula is C11H18N4O4S. The second-order valence-corrected chi connectivity index (χ2v) is 6.91. The van der Waals surface area contributed by atoms with Gasteiger partial charge in [-0.05, 0) is 0 Å². The van der Waals surface area contributed by atoms with Crippen molar-refractivity contribution in [3.8, 4) is 0 Å². The van der Waals surface area contributed by atoms with Crippen LogP contribution in [0.25, 0.3) is 0 Å². The molecule has 2 aliphatic rings. The largest absolute Gasteiger partial charge is 0.381 e. The molecule has 2 aliphatic heterocycles. The smallest absolute Gasteiger partial charge is 0.262 e. The quantitative estimate of drug-likeness (QED) is 0.793. The lowest BCUT2D eigenvalue weighted by atomic mass is 10.1. The highest BCUT2D eigenvalue weighted by molar-refractivity contribution is 7.89. The van der Waals surface area contributed by atoms with E-state index in [2.05, 4.69) is 4.98 Å². The summed E-state index contributed by atoms with van der Waals surface area (Å²) in [6, 6.07) is 0. The van der Waals surface area contributed by atoms with Crippen LogP contribution in [0.15, 0.2) is 11.4 Å². The summed E-state index contributed by atoms with van der Waals surface area (Å²) in [4.78, 5) is 3.83. The van der Waals surface area contributed by atoms with Crippen molar-refractivity contribution in [2.45, 2.75) is 23.7 Å². The molecular weight excluding hydrogens is 284 g/mol. The molecule has 0 saturated carbocycles. The molecule has 1 aromatic rings. The van der Waals surface area contributed by atoms with Crippen molar-refractivity contribution in [3.63, 3.8) is 0 Å². The van der Waals surface area contributed by atoms with Crippen LogP contribution in [0.5, 0.6) is 0 Å². The van der Waals surface area contributed by atoms with Gasteiger partial charge in [0.05, 0.1) is 19.5 Å². The fraction of sp³-hybridized carbons (Fsp3) is 0.727. The highest BCUT2D eigenvalue weighted by Crippen LogP contribution is 2.33. The van der Waals surface area contributed by atoms with E-state index in [1.807, 2.05) is 0 Å². The summed E-state index contributed by atoms with van der Waals surface area (Å²) >= 11 is 0. The first-order chi connectivity index (χ1) is 9.45. The Morgan fingerprint density at radius 1 is 1.30 bits per heavy atom. The molecule has 0 atom stereocenters. The van der Waals surface area contributed by atoms with Gasteiger partial charge in [0.15, 0.2) is 16.6 Å². The van der Waals surface area contributed by atoms with Crippen molar-refractivity contribution in [2.24, 2.45) is 7.05 Å². The van der Waals surface area contributed by atoms with E-state index in [9.17, 15) is 8.42 Å². The molecule has 2 fully saturated rings. The van der Waals surface area contributed by atoms with Gasteiger partial charge in [-0.1, -0.05) is 0 Å². The van der Waals surface area contributed by atoms with E-state index < -0.39 is 15.8 Å². The fourth-order valence-electron chi connectivity index (χ4n) is 2.73. The maximum absolute atomic E-state index is 12.6. The van der Waals surface area contributed by atoms with Crippen LogP contribution in [0.1, 0.15) is 12.8 Å². The second-order valence-electron chi connectivity index (χ2n) is 5.06. The molecule has 0 radical (unpaired) electrons. The van der Waals surface area contributed by atoms with E-state index in [1.165, 1.54) is 15.2 Å². The van der Waals surface area contributed by atoms with Crippen LogP contribution < -0.4 is 5.73 Å². The number of imidazole rings is 1. The van der Waals surface area contributed by atoms with E-state index in [4.69, 9.17) is 15.2 Å². The van der Waals surface area contributed by atoms with Gasteiger partial charge in [0.2, 0.25) is 0 Å². The Morgan fingerprint density at radius 3 is 2.40 bits per heavy atom. The van der Waals surface area contributed by atoms with Crippen molar-refractivity contribution in [1.29, 1.82) is 0 Å². The highest BCUT2D eigenvalue weighted by atomic mass is 32.2. The van der Waals surface area contributed by atoms with Gasteiger partial charge in [-0.15, -0.1) is 0 Å². The summed E-state index contributed by atoms with van der Waals surface area (Å²) in [7, 11) is -2.01. The summed E-state index contributed by atoms with van der Waals surface area (Å²) in [5.74, 6) is -0.564. The minimum absolute atomic E-state index is 0.0288. The van der Waals surface area contributed by atoms with Gasteiger partial charge in [0.25, 0.3) is 10.0 Å². The van der Waals surface area contributed by atoms with E-state index in [0.717, 1.165) is 0 Å². The minimum Gasteiger partial charge on any atom is -0.381 e. The number of nitrogens with two attached hydrogens (primary N) is 1. The maximum Gasteiger partial charge on any atom is 0.262 e. The predicted molar refractivity (Wildman–Crippen MR) is 70.2 cm³/mol. The molecule has 2 N–H and O–H groups in total. The molecule has 0 amide bonds. The van der Waals surface area contributed by atoms with Crippen LogP contribution in [0.4, 0.5) is 5.82 Å². The first kappa shape index (κ1) is 13.8. The molecule has 3 rings (SSSR count). The zero-order valence-corrected chi connectivity index (χ0v) is 12.1. The van der Waals surface area contributed by atoms with Crippen molar-refractivity contribution >= 4 is 15.8 Å². The van der Waals surface area contributed by atoms with Crippen molar-refractivity contribution < 1.29 is 17.9 Å². The number of nitrogen functional groups attached to an aromatic ring is 1. The van der Waals surface area contributed by atoms with Crippen LogP contribution in [0, 0.1) is 0 Å². The number of nitrogens with zero attached hydrogens (tertiary/aromatic N) is 3. The number of hydrogen-bond acceptors (Lipinski definition) is 6. The van der Waals surface area contributed by atoms with Gasteiger partial charge >= 0.3 is 0 Å². The number of sulfonamides is 1. The summed E-state index contributed by atoms with van der Waals surface area (Å²) in [5.41, 5.74) is 5.66. The molecule has 0 aromatic carbocycles. The molecule has 8 nitrogen and oxygen atoms in total. The normalized spacial score (nSPS) is 23.4. The van der Waals surface area contributed by atoms with Crippen LogP contribution in [-0.4, -0.2) is 54.4 Å². The average molecular weight is 302 g/mol. The minimum atomic E-state index is -3.63. The van der Waals surface area contributed by atoms with Gasteiger partial charge in [-0.3, -0.25) is 0 Å². The molecule has 0 bridgehead atoms. The van der Waals surface area contributed by atoms with Gasteiger partial charge in [0.1, 0.15) is 0 Å². The van der Waals surface area contributed by atoms with Gasteiger partial charge in [0, 0.05) is 33.0 Å². The van der Waals surface area contributed by atoms with Crippen molar-refractivity contribution in [3.05, 3.63) is 6.33 Å². The average Bonchev–Trinajstić information content (AvgIpc) is 2.98. The lowest BCUT2D eigenvalue weighted by Crippen LogP contribution is -2.47. The Labute approximate surface area is 117 Å². The zero-order valence-electron chi connectivity index (χ0n) is 11.3. The number of aryl methyl sites for hydroxylation is 1. The maximum atomic E-state index is 12.6. The number of hydrogen-bond donors (Lipinski definition) is 1. The summed E-state index contributed by atoms with van der Waals surface area (Å²) in [5, 5.41) is 0.0432. The van der Waals surface area contributed by atoms with Crippen molar-refractivity contribution in [1.82, 2.24) is 13.9 Å². The Balaban J connectivity index is 1.80. The topological polar surface area (TPSA) is 99.7 Å². The highest BCUT2D eigenvalue weighted by Gasteiger charge is 2.43. The number of piperidine rings is 1. The monoisotopic (exact) mass is 302 g/mol. The molecule has 2 saturated heterocycles. The predicted octanol–water partition coefficient (Wildman–Crippen LogP) is -0.470. The van der Waals surface area contributed by atoms with Gasteiger partial charge in [-0.25, -0.2) is 13.4 Å². The molecule has 1 aromatic heterocycles. The third-order valence-electron chi connectivity index (χ3n) is 3.79. The lowest BCUT2D eigenvalue weighted by Gasteiger charge is -2.36. The van der Waals surface area contributed by atoms with E-state index in [1.54, 1.807) is 7.05 Å². The fourth-order valence-corrected chi connectivity index (χ4v) is 4.36. The molecule has 112 valence electrons. The van der Waals surface area contributed by atoms with Gasteiger partial charge in [-0.2, -0.15) is 4.31 Å². The summed E-state index contributed by atoms with van der Waals surface area (Å²) < 4.78 is 39.2. The third kappa shape index (κ3) is 2.10. The Kier molecular flexibility index (Phi) is 3.24. The van der Waals surface area contributed by atoms with Crippen LogP contribution in [-0.2, 0) is 26.5 Å². The Morgan fingerprint density at radius 2 is 1.90 bits per heavy atom. The first-order valence-corrected chi connectivity index (χ1v) is 7.93. The summed E-state index contributed by atoms with van der Waals surface area (Å²) in [6.07, 6.45) is 2.46. The second kappa shape index (κ2) is 4.69. The number of anilines is 1. The van der Waals surface area contributed by atoms with Crippen LogP contribution in [0.2, 0.25) is 0 Å². The number of aromatic nitrogens is 2. The SMILES string of the molecule is Cn1cnc(N)c1S(=O)(=O)N1CCC2(CC1)OCCO2. The molecule has 0 aliphatic carbocycles. The standard InChI is InChI=1S/C11H18N4O4S/c1-14-8-13-9(12)10(14)20(16,17)15-4-2-11(3-5-15)18-6-7-19-11/h8H,2-7,12H2,1H3. The van der Waals surface area contributed by atoms with Crippen molar-refractivity contribution in [2.75, 3.05) is 32.0 Å². The number of ether oxygens (including phenoxy) is 2. The van der Waals surface area contributed by atoms with E-state index in [-0.39, 0.29) is 10.8 Å². The Hall–Kier alpha value is -1.16. The summed E-state index contributed by atoms with van der Waals surface area (Å²) in [6.45, 7) is 1.85. The molecule has 20 heavy (non-hydrogen) atoms. The van der Waals surface area contributed by atoms with E-state index >= 15 is 0 Å².